The molecular weight excluding hydrogens is 393 g/mol. The quantitative estimate of drug-likeness (QED) is 0.502. The van der Waals surface area contributed by atoms with Crippen LogP contribution in [0.4, 0.5) is 4.39 Å². The number of fused-ring (bicyclic) bond motifs is 2. The molecule has 0 bridgehead atoms. The van der Waals surface area contributed by atoms with Crippen molar-refractivity contribution in [3.05, 3.63) is 51.7 Å². The molecule has 0 saturated heterocycles. The van der Waals surface area contributed by atoms with Gasteiger partial charge in [-0.05, 0) is 55.7 Å². The number of rotatable bonds is 3. The maximum Gasteiger partial charge on any atom is 0.347 e. The van der Waals surface area contributed by atoms with Crippen LogP contribution < -0.4 is 4.74 Å². The monoisotopic (exact) mass is 423 g/mol. The molecule has 0 atom stereocenters. The van der Waals surface area contributed by atoms with Crippen LogP contribution in [-0.4, -0.2) is 20.7 Å². The van der Waals surface area contributed by atoms with Gasteiger partial charge in [-0.3, -0.25) is 4.68 Å². The fourth-order valence-electron chi connectivity index (χ4n) is 4.19. The van der Waals surface area contributed by atoms with Crippen molar-refractivity contribution in [3.63, 3.8) is 0 Å². The van der Waals surface area contributed by atoms with E-state index in [9.17, 15) is 4.79 Å². The summed E-state index contributed by atoms with van der Waals surface area (Å²) in [6.07, 6.45) is 1.78. The van der Waals surface area contributed by atoms with Crippen LogP contribution in [0.1, 0.15) is 85.5 Å². The smallest absolute Gasteiger partial charge is 0.347 e. The van der Waals surface area contributed by atoms with Gasteiger partial charge < -0.3 is 4.74 Å². The number of aromatic nitrogens is 3. The van der Waals surface area contributed by atoms with Gasteiger partial charge in [0.15, 0.2) is 0 Å². The molecule has 0 fully saturated rings. The fourth-order valence-corrected chi connectivity index (χ4v) is 4.19. The van der Waals surface area contributed by atoms with Gasteiger partial charge in [-0.1, -0.05) is 34.6 Å². The van der Waals surface area contributed by atoms with Gasteiger partial charge in [-0.25, -0.2) is 14.2 Å². The molecule has 6 heteroatoms. The van der Waals surface area contributed by atoms with Gasteiger partial charge in [0.1, 0.15) is 22.6 Å². The van der Waals surface area contributed by atoms with Gasteiger partial charge >= 0.3 is 5.97 Å². The van der Waals surface area contributed by atoms with E-state index in [2.05, 4.69) is 10.1 Å². The maximum atomic E-state index is 15.0. The third kappa shape index (κ3) is 3.62. The van der Waals surface area contributed by atoms with Gasteiger partial charge in [0.05, 0.1) is 11.4 Å². The number of halogens is 1. The van der Waals surface area contributed by atoms with Crippen molar-refractivity contribution < 1.29 is 13.9 Å². The highest BCUT2D eigenvalue weighted by atomic mass is 19.1. The molecule has 0 amide bonds. The molecule has 4 rings (SSSR count). The Bertz CT molecular complexity index is 1200. The van der Waals surface area contributed by atoms with Crippen LogP contribution in [0, 0.1) is 19.7 Å². The largest absolute Gasteiger partial charge is 0.422 e. The standard InChI is InChI=1S/C25H30FN3O2/c1-13(2)21-20(19-9-8-10-29(19)28-21)24(30)31-23-14(3)15(4)27-22-17(23)11-16(12-18(22)26)25(5,6)7/h11-13H,8-10H2,1-7H3. The molecule has 164 valence electrons. The van der Waals surface area contributed by atoms with Crippen LogP contribution in [0.15, 0.2) is 12.1 Å². The molecule has 31 heavy (non-hydrogen) atoms. The summed E-state index contributed by atoms with van der Waals surface area (Å²) < 4.78 is 23.0. The lowest BCUT2D eigenvalue weighted by Crippen LogP contribution is -2.15. The summed E-state index contributed by atoms with van der Waals surface area (Å²) in [5, 5.41) is 5.18. The van der Waals surface area contributed by atoms with Crippen LogP contribution in [0.25, 0.3) is 10.9 Å². The van der Waals surface area contributed by atoms with Crippen molar-refractivity contribution in [1.82, 2.24) is 14.8 Å². The minimum Gasteiger partial charge on any atom is -0.422 e. The van der Waals surface area contributed by atoms with Crippen LogP contribution in [0.5, 0.6) is 5.75 Å². The normalized spacial score (nSPS) is 13.8. The summed E-state index contributed by atoms with van der Waals surface area (Å²) in [6, 6.07) is 3.42. The molecular formula is C25H30FN3O2. The number of aryl methyl sites for hydroxylation is 2. The number of hydrogen-bond acceptors (Lipinski definition) is 4. The second-order valence-corrected chi connectivity index (χ2v) is 9.83. The van der Waals surface area contributed by atoms with Crippen molar-refractivity contribution >= 4 is 16.9 Å². The number of pyridine rings is 1. The number of esters is 1. The summed E-state index contributed by atoms with van der Waals surface area (Å²) in [6.45, 7) is 14.6. The predicted molar refractivity (Wildman–Crippen MR) is 119 cm³/mol. The summed E-state index contributed by atoms with van der Waals surface area (Å²) in [7, 11) is 0. The first-order valence-corrected chi connectivity index (χ1v) is 10.9. The van der Waals surface area contributed by atoms with E-state index in [1.807, 2.05) is 52.3 Å². The zero-order valence-corrected chi connectivity index (χ0v) is 19.4. The first-order chi connectivity index (χ1) is 14.5. The SMILES string of the molecule is Cc1nc2c(F)cc(C(C)(C)C)cc2c(OC(=O)c2c(C(C)C)nn3c2CCC3)c1C. The third-order valence-corrected chi connectivity index (χ3v) is 6.15. The molecule has 5 nitrogen and oxygen atoms in total. The predicted octanol–water partition coefficient (Wildman–Crippen LogP) is 5.77. The Kier molecular flexibility index (Phi) is 5.15. The minimum atomic E-state index is -0.427. The van der Waals surface area contributed by atoms with E-state index in [0.29, 0.717) is 22.4 Å². The van der Waals surface area contributed by atoms with Gasteiger partial charge in [0.2, 0.25) is 0 Å². The molecule has 3 aromatic rings. The van der Waals surface area contributed by atoms with Gasteiger partial charge in [-0.2, -0.15) is 5.10 Å². The number of ether oxygens (including phenoxy) is 1. The summed E-state index contributed by atoms with van der Waals surface area (Å²) in [4.78, 5) is 17.9. The zero-order valence-electron chi connectivity index (χ0n) is 19.4. The molecule has 0 N–H and O–H groups in total. The highest BCUT2D eigenvalue weighted by Crippen LogP contribution is 2.37. The first kappa shape index (κ1) is 21.5. The molecule has 1 aliphatic rings. The van der Waals surface area contributed by atoms with Gasteiger partial charge in [-0.15, -0.1) is 0 Å². The van der Waals surface area contributed by atoms with Crippen molar-refractivity contribution in [3.8, 4) is 5.75 Å². The lowest BCUT2D eigenvalue weighted by atomic mass is 9.86. The number of nitrogens with zero attached hydrogens (tertiary/aromatic N) is 3. The third-order valence-electron chi connectivity index (χ3n) is 6.15. The number of carbonyl (C=O) groups is 1. The Morgan fingerprint density at radius 3 is 2.58 bits per heavy atom. The van der Waals surface area contributed by atoms with Crippen molar-refractivity contribution in [2.75, 3.05) is 0 Å². The summed E-state index contributed by atoms with van der Waals surface area (Å²) in [5.74, 6) is -0.353. The van der Waals surface area contributed by atoms with Crippen LogP contribution >= 0.6 is 0 Å². The van der Waals surface area contributed by atoms with E-state index in [1.165, 1.54) is 6.07 Å². The Hall–Kier alpha value is -2.76. The zero-order chi connectivity index (χ0) is 22.7. The highest BCUT2D eigenvalue weighted by Gasteiger charge is 2.30. The van der Waals surface area contributed by atoms with E-state index in [4.69, 9.17) is 4.74 Å². The highest BCUT2D eigenvalue weighted by molar-refractivity contribution is 5.97. The molecule has 1 aliphatic heterocycles. The number of benzene rings is 1. The molecule has 0 radical (unpaired) electrons. The summed E-state index contributed by atoms with van der Waals surface area (Å²) >= 11 is 0. The van der Waals surface area contributed by atoms with Crippen LogP contribution in [0.2, 0.25) is 0 Å². The number of hydrogen-bond donors (Lipinski definition) is 0. The van der Waals surface area contributed by atoms with E-state index in [1.54, 1.807) is 6.92 Å². The summed E-state index contributed by atoms with van der Waals surface area (Å²) in [5.41, 5.74) is 4.42. The second kappa shape index (κ2) is 7.43. The molecule has 0 aliphatic carbocycles. The van der Waals surface area contributed by atoms with E-state index in [-0.39, 0.29) is 16.8 Å². The Labute approximate surface area is 182 Å². The molecule has 2 aromatic heterocycles. The van der Waals surface area contributed by atoms with E-state index in [0.717, 1.165) is 41.9 Å². The first-order valence-electron chi connectivity index (χ1n) is 10.9. The van der Waals surface area contributed by atoms with E-state index < -0.39 is 11.8 Å². The van der Waals surface area contributed by atoms with E-state index >= 15 is 4.39 Å². The maximum absolute atomic E-state index is 15.0. The van der Waals surface area contributed by atoms with Crippen LogP contribution in [0.3, 0.4) is 0 Å². The topological polar surface area (TPSA) is 57.0 Å². The minimum absolute atomic E-state index is 0.0996. The Morgan fingerprint density at radius 2 is 1.94 bits per heavy atom. The molecule has 0 unspecified atom stereocenters. The fraction of sp³-hybridized carbons (Fsp3) is 0.480. The Balaban J connectivity index is 1.88. The molecule has 3 heterocycles. The average molecular weight is 424 g/mol. The second-order valence-electron chi connectivity index (χ2n) is 9.83. The van der Waals surface area contributed by atoms with Crippen molar-refractivity contribution in [1.29, 1.82) is 0 Å². The van der Waals surface area contributed by atoms with Crippen LogP contribution in [-0.2, 0) is 18.4 Å². The van der Waals surface area contributed by atoms with Gasteiger partial charge in [0, 0.05) is 23.2 Å². The van der Waals surface area contributed by atoms with Crippen molar-refractivity contribution in [2.24, 2.45) is 0 Å². The van der Waals surface area contributed by atoms with Gasteiger partial charge in [0.25, 0.3) is 0 Å². The molecule has 0 saturated carbocycles. The average Bonchev–Trinajstić information content (AvgIpc) is 3.26. The number of carbonyl (C=O) groups excluding carboxylic acids is 1. The lowest BCUT2D eigenvalue weighted by Gasteiger charge is -2.21. The van der Waals surface area contributed by atoms with Crippen molar-refractivity contribution in [2.45, 2.75) is 79.2 Å². The lowest BCUT2D eigenvalue weighted by molar-refractivity contribution is 0.0733. The molecule has 1 aromatic carbocycles. The Morgan fingerprint density at radius 1 is 1.23 bits per heavy atom. The molecule has 0 spiro atoms.